The molecule has 156 valence electrons. The second-order valence-corrected chi connectivity index (χ2v) is 7.87. The summed E-state index contributed by atoms with van der Waals surface area (Å²) in [6.45, 7) is 5.44. The van der Waals surface area contributed by atoms with Crippen LogP contribution >= 0.6 is 35.6 Å². The van der Waals surface area contributed by atoms with Crippen LogP contribution in [0, 0.1) is 19.7 Å². The van der Waals surface area contributed by atoms with Crippen molar-refractivity contribution in [2.24, 2.45) is 0 Å². The van der Waals surface area contributed by atoms with Gasteiger partial charge >= 0.3 is 0 Å². The van der Waals surface area contributed by atoms with E-state index in [4.69, 9.17) is 23.2 Å². The van der Waals surface area contributed by atoms with Gasteiger partial charge in [0.25, 0.3) is 0 Å². The average molecular weight is 465 g/mol. The number of pyridine rings is 1. The van der Waals surface area contributed by atoms with Gasteiger partial charge in [-0.3, -0.25) is 4.98 Å². The number of halogens is 4. The van der Waals surface area contributed by atoms with Crippen LogP contribution in [0.4, 0.5) is 10.1 Å². The number of aryl methyl sites for hydroxylation is 1. The fourth-order valence-corrected chi connectivity index (χ4v) is 3.89. The van der Waals surface area contributed by atoms with Crippen LogP contribution in [0.2, 0.25) is 10.0 Å². The Morgan fingerprint density at radius 2 is 1.73 bits per heavy atom. The highest BCUT2D eigenvalue weighted by atomic mass is 35.5. The molecule has 0 saturated heterocycles. The summed E-state index contributed by atoms with van der Waals surface area (Å²) < 4.78 is 15.4. The molecular formula is C23H21Cl3FN3. The summed E-state index contributed by atoms with van der Waals surface area (Å²) in [5, 5.41) is 5.61. The van der Waals surface area contributed by atoms with E-state index in [1.54, 1.807) is 12.1 Å². The summed E-state index contributed by atoms with van der Waals surface area (Å²) in [5.74, 6) is -0.252. The maximum absolute atomic E-state index is 13.2. The second-order valence-electron chi connectivity index (χ2n) is 7.06. The summed E-state index contributed by atoms with van der Waals surface area (Å²) in [4.78, 5) is 4.62. The summed E-state index contributed by atoms with van der Waals surface area (Å²) in [7, 11) is 0. The molecule has 7 heteroatoms. The molecule has 0 saturated carbocycles. The third kappa shape index (κ3) is 4.41. The van der Waals surface area contributed by atoms with Crippen molar-refractivity contribution in [1.29, 1.82) is 0 Å². The van der Waals surface area contributed by atoms with Gasteiger partial charge in [-0.25, -0.2) is 4.39 Å². The van der Waals surface area contributed by atoms with Gasteiger partial charge < -0.3 is 9.88 Å². The van der Waals surface area contributed by atoms with E-state index in [1.165, 1.54) is 28.8 Å². The van der Waals surface area contributed by atoms with Crippen LogP contribution in [0.25, 0.3) is 10.9 Å². The van der Waals surface area contributed by atoms with Crippen LogP contribution in [-0.2, 0) is 13.1 Å². The standard InChI is InChI=1S/C23H20Cl2FN3.ClH/c1-14-15(2)29(13-16-3-8-20(24)21(25)11-16)23-19(14)9-10-27-22(23)12-28-18-6-4-17(26)5-7-18;/h3-11,28H,12-13H2,1-2H3;1H. The number of benzene rings is 2. The van der Waals surface area contributed by atoms with Crippen molar-refractivity contribution in [3.05, 3.63) is 93.1 Å². The Bertz CT molecular complexity index is 1190. The van der Waals surface area contributed by atoms with Gasteiger partial charge in [0.15, 0.2) is 0 Å². The lowest BCUT2D eigenvalue weighted by Crippen LogP contribution is -2.07. The smallest absolute Gasteiger partial charge is 0.123 e. The monoisotopic (exact) mass is 463 g/mol. The minimum Gasteiger partial charge on any atom is -0.379 e. The van der Waals surface area contributed by atoms with E-state index in [0.29, 0.717) is 23.1 Å². The lowest BCUT2D eigenvalue weighted by atomic mass is 10.1. The number of anilines is 1. The fraction of sp³-hybridized carbons (Fsp3) is 0.174. The number of hydrogen-bond donors (Lipinski definition) is 1. The van der Waals surface area contributed by atoms with Crippen molar-refractivity contribution < 1.29 is 4.39 Å². The maximum Gasteiger partial charge on any atom is 0.123 e. The van der Waals surface area contributed by atoms with Crippen LogP contribution in [0.5, 0.6) is 0 Å². The van der Waals surface area contributed by atoms with E-state index in [0.717, 1.165) is 22.5 Å². The Morgan fingerprint density at radius 1 is 1.00 bits per heavy atom. The molecule has 0 amide bonds. The topological polar surface area (TPSA) is 29.9 Å². The molecule has 4 rings (SSSR count). The molecule has 0 spiro atoms. The van der Waals surface area contributed by atoms with E-state index < -0.39 is 0 Å². The van der Waals surface area contributed by atoms with E-state index in [-0.39, 0.29) is 18.2 Å². The Balaban J connectivity index is 0.00000256. The number of fused-ring (bicyclic) bond motifs is 1. The number of nitrogens with zero attached hydrogens (tertiary/aromatic N) is 2. The third-order valence-electron chi connectivity index (χ3n) is 5.25. The van der Waals surface area contributed by atoms with E-state index in [9.17, 15) is 4.39 Å². The van der Waals surface area contributed by atoms with Crippen LogP contribution in [-0.4, -0.2) is 9.55 Å². The second kappa shape index (κ2) is 9.25. The molecule has 0 bridgehead atoms. The van der Waals surface area contributed by atoms with Crippen molar-refractivity contribution in [2.75, 3.05) is 5.32 Å². The first-order valence-corrected chi connectivity index (χ1v) is 10.1. The minimum atomic E-state index is -0.252. The highest BCUT2D eigenvalue weighted by molar-refractivity contribution is 6.42. The molecule has 0 aliphatic rings. The molecule has 1 N–H and O–H groups in total. The molecule has 0 unspecified atom stereocenters. The Morgan fingerprint density at radius 3 is 2.43 bits per heavy atom. The van der Waals surface area contributed by atoms with Crippen LogP contribution in [0.1, 0.15) is 22.5 Å². The van der Waals surface area contributed by atoms with Crippen molar-refractivity contribution in [3.8, 4) is 0 Å². The van der Waals surface area contributed by atoms with Gasteiger partial charge in [-0.2, -0.15) is 0 Å². The van der Waals surface area contributed by atoms with Crippen LogP contribution in [0.15, 0.2) is 54.7 Å². The van der Waals surface area contributed by atoms with Crippen LogP contribution < -0.4 is 5.32 Å². The lowest BCUT2D eigenvalue weighted by Gasteiger charge is -2.13. The predicted octanol–water partition coefficient (Wildman–Crippen LogP) is 7.18. The van der Waals surface area contributed by atoms with Gasteiger partial charge in [-0.15, -0.1) is 12.4 Å². The summed E-state index contributed by atoms with van der Waals surface area (Å²) in [5.41, 5.74) is 6.35. The Hall–Kier alpha value is -2.27. The largest absolute Gasteiger partial charge is 0.379 e. The zero-order chi connectivity index (χ0) is 20.5. The number of hydrogen-bond acceptors (Lipinski definition) is 2. The van der Waals surface area contributed by atoms with Crippen molar-refractivity contribution >= 4 is 52.2 Å². The van der Waals surface area contributed by atoms with E-state index in [2.05, 4.69) is 28.7 Å². The molecule has 2 heterocycles. The average Bonchev–Trinajstić information content (AvgIpc) is 2.96. The summed E-state index contributed by atoms with van der Waals surface area (Å²) in [6, 6.07) is 14.1. The highest BCUT2D eigenvalue weighted by Crippen LogP contribution is 2.30. The molecule has 0 aliphatic carbocycles. The molecule has 3 nitrogen and oxygen atoms in total. The molecular weight excluding hydrogens is 444 g/mol. The van der Waals surface area contributed by atoms with Gasteiger partial charge in [-0.1, -0.05) is 29.3 Å². The lowest BCUT2D eigenvalue weighted by molar-refractivity contribution is 0.628. The van der Waals surface area contributed by atoms with Gasteiger partial charge in [0.05, 0.1) is 27.8 Å². The molecule has 2 aromatic carbocycles. The molecule has 0 aliphatic heterocycles. The van der Waals surface area contributed by atoms with Gasteiger partial charge in [0, 0.05) is 29.5 Å². The summed E-state index contributed by atoms with van der Waals surface area (Å²) in [6.07, 6.45) is 1.83. The third-order valence-corrected chi connectivity index (χ3v) is 5.99. The number of nitrogens with one attached hydrogen (secondary N) is 1. The molecule has 4 aromatic rings. The minimum absolute atomic E-state index is 0. The molecule has 0 radical (unpaired) electrons. The fourth-order valence-electron chi connectivity index (χ4n) is 3.57. The molecule has 30 heavy (non-hydrogen) atoms. The normalized spacial score (nSPS) is 10.8. The predicted molar refractivity (Wildman–Crippen MR) is 126 cm³/mol. The maximum atomic E-state index is 13.2. The van der Waals surface area contributed by atoms with Gasteiger partial charge in [-0.05, 0) is 67.4 Å². The molecule has 2 aromatic heterocycles. The van der Waals surface area contributed by atoms with Crippen LogP contribution in [0.3, 0.4) is 0 Å². The highest BCUT2D eigenvalue weighted by Gasteiger charge is 2.16. The van der Waals surface area contributed by atoms with Crippen molar-refractivity contribution in [2.45, 2.75) is 26.9 Å². The Kier molecular flexibility index (Phi) is 6.91. The Labute approximate surface area is 191 Å². The molecule has 0 atom stereocenters. The van der Waals surface area contributed by atoms with Gasteiger partial charge in [0.1, 0.15) is 5.82 Å². The number of rotatable bonds is 5. The zero-order valence-electron chi connectivity index (χ0n) is 16.5. The molecule has 0 fully saturated rings. The SMILES string of the molecule is Cc1c(C)n(Cc2ccc(Cl)c(Cl)c2)c2c(CNc3ccc(F)cc3)nccc12.Cl. The quantitative estimate of drug-likeness (QED) is 0.339. The number of aromatic nitrogens is 2. The first-order chi connectivity index (χ1) is 13.9. The van der Waals surface area contributed by atoms with Crippen molar-refractivity contribution in [1.82, 2.24) is 9.55 Å². The first-order valence-electron chi connectivity index (χ1n) is 9.30. The van der Waals surface area contributed by atoms with E-state index >= 15 is 0 Å². The summed E-state index contributed by atoms with van der Waals surface area (Å²) >= 11 is 12.3. The first kappa shape index (κ1) is 22.4. The zero-order valence-corrected chi connectivity index (χ0v) is 18.9. The van der Waals surface area contributed by atoms with E-state index in [1.807, 2.05) is 30.5 Å². The van der Waals surface area contributed by atoms with Crippen molar-refractivity contribution in [3.63, 3.8) is 0 Å². The van der Waals surface area contributed by atoms with Gasteiger partial charge in [0.2, 0.25) is 0 Å².